The van der Waals surface area contributed by atoms with E-state index in [-0.39, 0.29) is 11.4 Å². The van der Waals surface area contributed by atoms with Crippen LogP contribution in [0.5, 0.6) is 0 Å². The molecular formula is C15H15F4N5O. The predicted octanol–water partition coefficient (Wildman–Crippen LogP) is 2.34. The number of halogens is 4. The summed E-state index contributed by atoms with van der Waals surface area (Å²) in [5.41, 5.74) is 4.39. The topological polar surface area (TPSA) is 84.1 Å². The Labute approximate surface area is 140 Å². The van der Waals surface area contributed by atoms with Crippen molar-refractivity contribution in [2.24, 2.45) is 5.73 Å². The van der Waals surface area contributed by atoms with E-state index in [2.05, 4.69) is 15.3 Å². The van der Waals surface area contributed by atoms with Crippen LogP contribution in [0.4, 0.5) is 29.3 Å². The fourth-order valence-corrected chi connectivity index (χ4v) is 1.98. The van der Waals surface area contributed by atoms with Gasteiger partial charge in [0.25, 0.3) is 0 Å². The number of carbonyl (C=O) groups excluding carboxylic acids is 1. The third kappa shape index (κ3) is 4.55. The van der Waals surface area contributed by atoms with E-state index < -0.39 is 35.6 Å². The average Bonchev–Trinajstić information content (AvgIpc) is 2.52. The number of aromatic nitrogens is 2. The SMILES string of the molecule is CN(C)c1cc(C(F)(F)F)nc(NC(C(N)=O)c2ccc(F)cc2)n1. The number of nitrogens with zero attached hydrogens (tertiary/aromatic N) is 3. The largest absolute Gasteiger partial charge is 0.433 e. The second-order valence-corrected chi connectivity index (χ2v) is 5.36. The molecule has 134 valence electrons. The first-order valence-electron chi connectivity index (χ1n) is 7.03. The van der Waals surface area contributed by atoms with Crippen molar-refractivity contribution in [3.05, 3.63) is 47.4 Å². The zero-order valence-corrected chi connectivity index (χ0v) is 13.3. The van der Waals surface area contributed by atoms with E-state index in [9.17, 15) is 22.4 Å². The van der Waals surface area contributed by atoms with E-state index in [4.69, 9.17) is 5.73 Å². The molecule has 1 atom stereocenters. The van der Waals surface area contributed by atoms with Crippen LogP contribution in [0, 0.1) is 5.82 Å². The van der Waals surface area contributed by atoms with Gasteiger partial charge in [-0.25, -0.2) is 9.37 Å². The molecule has 1 amide bonds. The highest BCUT2D eigenvalue weighted by molar-refractivity contribution is 5.84. The average molecular weight is 357 g/mol. The summed E-state index contributed by atoms with van der Waals surface area (Å²) in [5, 5.41) is 2.48. The molecule has 1 heterocycles. The van der Waals surface area contributed by atoms with Crippen molar-refractivity contribution in [2.75, 3.05) is 24.3 Å². The van der Waals surface area contributed by atoms with E-state index in [1.54, 1.807) is 0 Å². The van der Waals surface area contributed by atoms with E-state index in [0.717, 1.165) is 18.2 Å². The summed E-state index contributed by atoms with van der Waals surface area (Å²) in [5.74, 6) is -1.84. The summed E-state index contributed by atoms with van der Waals surface area (Å²) in [7, 11) is 3.02. The molecule has 1 aromatic heterocycles. The third-order valence-corrected chi connectivity index (χ3v) is 3.22. The Morgan fingerprint density at radius 1 is 1.20 bits per heavy atom. The summed E-state index contributed by atoms with van der Waals surface area (Å²) in [6, 6.07) is 4.34. The van der Waals surface area contributed by atoms with Crippen molar-refractivity contribution in [2.45, 2.75) is 12.2 Å². The van der Waals surface area contributed by atoms with Crippen LogP contribution in [0.2, 0.25) is 0 Å². The molecule has 0 aliphatic carbocycles. The van der Waals surface area contributed by atoms with Gasteiger partial charge in [0, 0.05) is 20.2 Å². The van der Waals surface area contributed by atoms with Crippen molar-refractivity contribution >= 4 is 17.7 Å². The highest BCUT2D eigenvalue weighted by Gasteiger charge is 2.34. The third-order valence-electron chi connectivity index (χ3n) is 3.22. The molecular weight excluding hydrogens is 342 g/mol. The first kappa shape index (κ1) is 18.4. The zero-order valence-electron chi connectivity index (χ0n) is 13.3. The number of hydrogen-bond acceptors (Lipinski definition) is 5. The van der Waals surface area contributed by atoms with Crippen LogP contribution in [0.15, 0.2) is 30.3 Å². The smallest absolute Gasteiger partial charge is 0.368 e. The number of benzene rings is 1. The van der Waals surface area contributed by atoms with Crippen LogP contribution in [0.3, 0.4) is 0 Å². The molecule has 0 saturated carbocycles. The Hall–Kier alpha value is -2.91. The van der Waals surface area contributed by atoms with Gasteiger partial charge in [0.1, 0.15) is 17.7 Å². The number of anilines is 2. The minimum Gasteiger partial charge on any atom is -0.368 e. The van der Waals surface area contributed by atoms with Crippen LogP contribution in [0.25, 0.3) is 0 Å². The van der Waals surface area contributed by atoms with Gasteiger partial charge in [-0.15, -0.1) is 0 Å². The summed E-state index contributed by atoms with van der Waals surface area (Å²) < 4.78 is 52.0. The molecule has 0 spiro atoms. The number of amides is 1. The Kier molecular flexibility index (Phi) is 5.10. The summed E-state index contributed by atoms with van der Waals surface area (Å²) in [6.07, 6.45) is -4.69. The van der Waals surface area contributed by atoms with Gasteiger partial charge in [-0.1, -0.05) is 12.1 Å². The van der Waals surface area contributed by atoms with Gasteiger partial charge < -0.3 is 16.0 Å². The highest BCUT2D eigenvalue weighted by atomic mass is 19.4. The van der Waals surface area contributed by atoms with Crippen LogP contribution >= 0.6 is 0 Å². The summed E-state index contributed by atoms with van der Waals surface area (Å²) >= 11 is 0. The molecule has 10 heteroatoms. The van der Waals surface area contributed by atoms with Gasteiger partial charge >= 0.3 is 6.18 Å². The number of carbonyl (C=O) groups is 1. The minimum absolute atomic E-state index is 0.00727. The molecule has 3 N–H and O–H groups in total. The maximum absolute atomic E-state index is 13.0. The van der Waals surface area contributed by atoms with E-state index >= 15 is 0 Å². The van der Waals surface area contributed by atoms with Gasteiger partial charge in [0.2, 0.25) is 11.9 Å². The van der Waals surface area contributed by atoms with Crippen molar-refractivity contribution < 1.29 is 22.4 Å². The molecule has 2 rings (SSSR count). The fraction of sp³-hybridized carbons (Fsp3) is 0.267. The van der Waals surface area contributed by atoms with Crippen LogP contribution in [0.1, 0.15) is 17.3 Å². The van der Waals surface area contributed by atoms with Crippen LogP contribution in [-0.4, -0.2) is 30.0 Å². The number of nitrogens with one attached hydrogen (secondary N) is 1. The Balaban J connectivity index is 2.43. The Bertz CT molecular complexity index is 762. The van der Waals surface area contributed by atoms with E-state index in [1.165, 1.54) is 31.1 Å². The number of primary amides is 1. The molecule has 25 heavy (non-hydrogen) atoms. The van der Waals surface area contributed by atoms with Gasteiger partial charge in [-0.2, -0.15) is 18.2 Å². The van der Waals surface area contributed by atoms with Crippen LogP contribution < -0.4 is 16.0 Å². The normalized spacial score (nSPS) is 12.6. The standard InChI is InChI=1S/C15H15F4N5O/c1-24(2)11-7-10(15(17,18)19)21-14(22-11)23-12(13(20)25)8-3-5-9(16)6-4-8/h3-7,12H,1-2H3,(H2,20,25)(H,21,22,23). The molecule has 0 fully saturated rings. The van der Waals surface area contributed by atoms with Crippen molar-refractivity contribution in [3.8, 4) is 0 Å². The zero-order chi connectivity index (χ0) is 18.8. The van der Waals surface area contributed by atoms with Gasteiger partial charge in [-0.3, -0.25) is 4.79 Å². The second kappa shape index (κ2) is 6.91. The summed E-state index contributed by atoms with van der Waals surface area (Å²) in [4.78, 5) is 20.4. The first-order chi connectivity index (χ1) is 11.6. The number of alkyl halides is 3. The van der Waals surface area contributed by atoms with Crippen molar-refractivity contribution in [1.82, 2.24) is 9.97 Å². The lowest BCUT2D eigenvalue weighted by Crippen LogP contribution is -2.29. The summed E-state index contributed by atoms with van der Waals surface area (Å²) in [6.45, 7) is 0. The van der Waals surface area contributed by atoms with Gasteiger partial charge in [0.05, 0.1) is 0 Å². The predicted molar refractivity (Wildman–Crippen MR) is 83.3 cm³/mol. The van der Waals surface area contributed by atoms with Gasteiger partial charge in [-0.05, 0) is 17.7 Å². The first-order valence-corrected chi connectivity index (χ1v) is 7.03. The molecule has 0 bridgehead atoms. The maximum Gasteiger partial charge on any atom is 0.433 e. The number of nitrogens with two attached hydrogens (primary N) is 1. The van der Waals surface area contributed by atoms with Crippen molar-refractivity contribution in [1.29, 1.82) is 0 Å². The highest BCUT2D eigenvalue weighted by Crippen LogP contribution is 2.31. The quantitative estimate of drug-likeness (QED) is 0.803. The Morgan fingerprint density at radius 3 is 2.28 bits per heavy atom. The molecule has 6 nitrogen and oxygen atoms in total. The molecule has 1 aromatic carbocycles. The molecule has 1 unspecified atom stereocenters. The molecule has 2 aromatic rings. The molecule has 0 radical (unpaired) electrons. The molecule has 0 aliphatic heterocycles. The van der Waals surface area contributed by atoms with Crippen LogP contribution in [-0.2, 0) is 11.0 Å². The number of hydrogen-bond donors (Lipinski definition) is 2. The molecule has 0 saturated heterocycles. The minimum atomic E-state index is -4.69. The monoisotopic (exact) mass is 357 g/mol. The maximum atomic E-state index is 13.0. The van der Waals surface area contributed by atoms with E-state index in [0.29, 0.717) is 0 Å². The molecule has 0 aliphatic rings. The Morgan fingerprint density at radius 2 is 1.80 bits per heavy atom. The van der Waals surface area contributed by atoms with E-state index in [1.807, 2.05) is 0 Å². The number of rotatable bonds is 5. The second-order valence-electron chi connectivity index (χ2n) is 5.36. The lowest BCUT2D eigenvalue weighted by Gasteiger charge is -2.19. The lowest BCUT2D eigenvalue weighted by atomic mass is 10.1. The fourth-order valence-electron chi connectivity index (χ4n) is 1.98. The van der Waals surface area contributed by atoms with Gasteiger partial charge in [0.15, 0.2) is 5.69 Å². The van der Waals surface area contributed by atoms with Crippen molar-refractivity contribution in [3.63, 3.8) is 0 Å². The lowest BCUT2D eigenvalue weighted by molar-refractivity contribution is -0.141.